The van der Waals surface area contributed by atoms with Gasteiger partial charge in [-0.25, -0.2) is 4.68 Å². The van der Waals surface area contributed by atoms with Crippen LogP contribution in [0.4, 0.5) is 5.69 Å². The van der Waals surface area contributed by atoms with Crippen molar-refractivity contribution in [3.63, 3.8) is 0 Å². The van der Waals surface area contributed by atoms with Gasteiger partial charge < -0.3 is 9.88 Å². The zero-order chi connectivity index (χ0) is 26.2. The summed E-state index contributed by atoms with van der Waals surface area (Å²) < 4.78 is 2.03. The van der Waals surface area contributed by atoms with Crippen molar-refractivity contribution in [3.8, 4) is 0 Å². The number of H-pyrrole nitrogens is 1. The lowest BCUT2D eigenvalue weighted by molar-refractivity contribution is 0.192. The van der Waals surface area contributed by atoms with Crippen LogP contribution in [0.2, 0.25) is 0 Å². The van der Waals surface area contributed by atoms with Crippen LogP contribution in [-0.2, 0) is 0 Å². The number of nitrogens with one attached hydrogen (secondary N) is 1. The molecule has 8 heteroatoms. The van der Waals surface area contributed by atoms with Gasteiger partial charge in [-0.1, -0.05) is 49.6 Å². The number of aromatic nitrogens is 5. The van der Waals surface area contributed by atoms with Crippen molar-refractivity contribution in [2.24, 2.45) is 0 Å². The Morgan fingerprint density at radius 3 is 2.50 bits per heavy atom. The molecule has 2 aromatic carbocycles. The van der Waals surface area contributed by atoms with Gasteiger partial charge in [0.15, 0.2) is 5.82 Å². The van der Waals surface area contributed by atoms with E-state index >= 15 is 0 Å². The van der Waals surface area contributed by atoms with Crippen LogP contribution >= 0.6 is 0 Å². The van der Waals surface area contributed by atoms with Gasteiger partial charge in [-0.2, -0.15) is 0 Å². The SMILES string of the molecule is Cc1ccc(C)c(N2CCN([C@@H](c3cc4cccc(C)c4[nH]c3=O)c3nnnn3C3CCCCC3)CC2)c1. The van der Waals surface area contributed by atoms with Crippen LogP contribution < -0.4 is 10.5 Å². The summed E-state index contributed by atoms with van der Waals surface area (Å²) in [5.74, 6) is 0.787. The lowest BCUT2D eigenvalue weighted by Crippen LogP contribution is -2.49. The summed E-state index contributed by atoms with van der Waals surface area (Å²) >= 11 is 0. The van der Waals surface area contributed by atoms with Crippen LogP contribution in [0.1, 0.15) is 72.3 Å². The molecule has 6 rings (SSSR count). The molecular formula is C30H37N7O. The molecule has 1 saturated carbocycles. The maximum Gasteiger partial charge on any atom is 0.253 e. The molecule has 0 bridgehead atoms. The molecule has 3 heterocycles. The number of pyridine rings is 1. The fourth-order valence-corrected chi connectivity index (χ4v) is 6.35. The van der Waals surface area contributed by atoms with Crippen molar-refractivity contribution in [1.82, 2.24) is 30.1 Å². The first kappa shape index (κ1) is 24.8. The first-order chi connectivity index (χ1) is 18.5. The second kappa shape index (κ2) is 10.3. The highest BCUT2D eigenvalue weighted by molar-refractivity contribution is 5.82. The minimum absolute atomic E-state index is 0.0630. The third-order valence-electron chi connectivity index (χ3n) is 8.48. The zero-order valence-corrected chi connectivity index (χ0v) is 22.7. The first-order valence-electron chi connectivity index (χ1n) is 14.0. The Labute approximate surface area is 223 Å². The molecule has 0 radical (unpaired) electrons. The minimum Gasteiger partial charge on any atom is -0.369 e. The topological polar surface area (TPSA) is 82.9 Å². The number of fused-ring (bicyclic) bond motifs is 1. The van der Waals surface area contributed by atoms with Crippen LogP contribution in [0, 0.1) is 20.8 Å². The number of rotatable bonds is 5. The molecule has 1 atom stereocenters. The van der Waals surface area contributed by atoms with Crippen molar-refractivity contribution in [2.45, 2.75) is 65.0 Å². The summed E-state index contributed by atoms with van der Waals surface area (Å²) in [4.78, 5) is 21.7. The summed E-state index contributed by atoms with van der Waals surface area (Å²) in [7, 11) is 0. The van der Waals surface area contributed by atoms with Crippen LogP contribution in [0.3, 0.4) is 0 Å². The minimum atomic E-state index is -0.304. The molecule has 0 amide bonds. The molecular weight excluding hydrogens is 474 g/mol. The monoisotopic (exact) mass is 511 g/mol. The van der Waals surface area contributed by atoms with Crippen LogP contribution in [0.15, 0.2) is 47.3 Å². The van der Waals surface area contributed by atoms with E-state index in [1.165, 1.54) is 36.1 Å². The Hall–Kier alpha value is -3.52. The van der Waals surface area contributed by atoms with E-state index in [4.69, 9.17) is 0 Å². The van der Waals surface area contributed by atoms with Gasteiger partial charge in [0.2, 0.25) is 0 Å². The van der Waals surface area contributed by atoms with Gasteiger partial charge in [0.25, 0.3) is 5.56 Å². The van der Waals surface area contributed by atoms with E-state index in [1.54, 1.807) is 0 Å². The van der Waals surface area contributed by atoms with Gasteiger partial charge in [0.1, 0.15) is 6.04 Å². The number of tetrazole rings is 1. The Morgan fingerprint density at radius 2 is 1.71 bits per heavy atom. The second-order valence-electron chi connectivity index (χ2n) is 11.1. The van der Waals surface area contributed by atoms with Crippen LogP contribution in [-0.4, -0.2) is 56.3 Å². The highest BCUT2D eigenvalue weighted by Crippen LogP contribution is 2.34. The fraction of sp³-hybridized carbons (Fsp3) is 0.467. The van der Waals surface area contributed by atoms with E-state index < -0.39 is 0 Å². The molecule has 8 nitrogen and oxygen atoms in total. The Balaban J connectivity index is 1.39. The summed E-state index contributed by atoms with van der Waals surface area (Å²) in [5, 5.41) is 14.2. The molecule has 2 aromatic heterocycles. The van der Waals surface area contributed by atoms with Crippen molar-refractivity contribution in [1.29, 1.82) is 0 Å². The molecule has 198 valence electrons. The molecule has 2 aliphatic rings. The van der Waals surface area contributed by atoms with Crippen LogP contribution in [0.25, 0.3) is 10.9 Å². The fourth-order valence-electron chi connectivity index (χ4n) is 6.35. The van der Waals surface area contributed by atoms with E-state index in [0.29, 0.717) is 0 Å². The van der Waals surface area contributed by atoms with E-state index in [9.17, 15) is 4.79 Å². The maximum absolute atomic E-state index is 13.6. The molecule has 1 aliphatic carbocycles. The standard InChI is InChI=1S/C30H37N7O/c1-20-12-13-21(2)26(18-20)35-14-16-36(17-15-35)28(29-32-33-34-37(29)24-10-5-4-6-11-24)25-19-23-9-7-8-22(3)27(23)31-30(25)38/h7-9,12-13,18-19,24,28H,4-6,10-11,14-17H2,1-3H3,(H,31,38)/t28-/m0/s1. The molecule has 2 fully saturated rings. The van der Waals surface area contributed by atoms with Gasteiger partial charge in [0, 0.05) is 37.4 Å². The number of aryl methyl sites for hydroxylation is 3. The number of para-hydroxylation sites is 1. The van der Waals surface area contributed by atoms with Gasteiger partial charge in [0.05, 0.1) is 11.6 Å². The number of nitrogens with zero attached hydrogens (tertiary/aromatic N) is 6. The lowest BCUT2D eigenvalue weighted by atomic mass is 9.95. The third kappa shape index (κ3) is 4.62. The van der Waals surface area contributed by atoms with Crippen molar-refractivity contribution < 1.29 is 0 Å². The first-order valence-corrected chi connectivity index (χ1v) is 14.0. The average molecular weight is 512 g/mol. The number of hydrogen-bond acceptors (Lipinski definition) is 6. The molecule has 1 N–H and O–H groups in total. The van der Waals surface area contributed by atoms with Crippen LogP contribution in [0.5, 0.6) is 0 Å². The molecule has 0 unspecified atom stereocenters. The Morgan fingerprint density at radius 1 is 0.921 bits per heavy atom. The van der Waals surface area contributed by atoms with Gasteiger partial charge in [-0.05, 0) is 78.2 Å². The number of benzene rings is 2. The van der Waals surface area contributed by atoms with E-state index in [-0.39, 0.29) is 17.6 Å². The molecule has 1 saturated heterocycles. The number of hydrogen-bond donors (Lipinski definition) is 1. The van der Waals surface area contributed by atoms with Gasteiger partial charge in [-0.15, -0.1) is 5.10 Å². The lowest BCUT2D eigenvalue weighted by Gasteiger charge is -2.40. The Bertz CT molecular complexity index is 1490. The van der Waals surface area contributed by atoms with E-state index in [2.05, 4.69) is 74.5 Å². The summed E-state index contributed by atoms with van der Waals surface area (Å²) in [6.45, 7) is 9.77. The predicted molar refractivity (Wildman–Crippen MR) is 151 cm³/mol. The highest BCUT2D eigenvalue weighted by atomic mass is 16.1. The predicted octanol–water partition coefficient (Wildman–Crippen LogP) is 4.86. The summed E-state index contributed by atoms with van der Waals surface area (Å²) in [6.07, 6.45) is 5.82. The Kier molecular flexibility index (Phi) is 6.74. The zero-order valence-electron chi connectivity index (χ0n) is 22.7. The normalized spacial score (nSPS) is 18.2. The molecule has 0 spiro atoms. The molecule has 4 aromatic rings. The van der Waals surface area contributed by atoms with Gasteiger partial charge in [-0.3, -0.25) is 9.69 Å². The van der Waals surface area contributed by atoms with E-state index in [0.717, 1.165) is 66.9 Å². The van der Waals surface area contributed by atoms with Crippen molar-refractivity contribution in [2.75, 3.05) is 31.1 Å². The summed E-state index contributed by atoms with van der Waals surface area (Å²) in [6, 6.07) is 14.8. The molecule has 1 aliphatic heterocycles. The largest absolute Gasteiger partial charge is 0.369 e. The number of anilines is 1. The second-order valence-corrected chi connectivity index (χ2v) is 11.1. The number of piperazine rings is 1. The average Bonchev–Trinajstić information content (AvgIpc) is 3.41. The highest BCUT2D eigenvalue weighted by Gasteiger charge is 2.34. The number of aromatic amines is 1. The van der Waals surface area contributed by atoms with Gasteiger partial charge >= 0.3 is 0 Å². The van der Waals surface area contributed by atoms with E-state index in [1.807, 2.05) is 23.7 Å². The quantitative estimate of drug-likeness (QED) is 0.412. The summed E-state index contributed by atoms with van der Waals surface area (Å²) in [5.41, 5.74) is 6.48. The van der Waals surface area contributed by atoms with Crippen molar-refractivity contribution in [3.05, 3.63) is 80.9 Å². The van der Waals surface area contributed by atoms with Crippen molar-refractivity contribution >= 4 is 16.6 Å². The maximum atomic E-state index is 13.6. The smallest absolute Gasteiger partial charge is 0.253 e. The third-order valence-corrected chi connectivity index (χ3v) is 8.48. The molecule has 38 heavy (non-hydrogen) atoms.